The summed E-state index contributed by atoms with van der Waals surface area (Å²) in [5.74, 6) is 0.699. The van der Waals surface area contributed by atoms with E-state index in [0.29, 0.717) is 11.8 Å². The molecule has 0 aliphatic carbocycles. The normalized spacial score (nSPS) is 18.5. The molecule has 15 heavy (non-hydrogen) atoms. The fourth-order valence-corrected chi connectivity index (χ4v) is 1.97. The lowest BCUT2D eigenvalue weighted by atomic mass is 10.2. The molecule has 0 amide bonds. The van der Waals surface area contributed by atoms with Gasteiger partial charge in [0, 0.05) is 41.0 Å². The maximum absolute atomic E-state index is 11.7. The molecule has 0 aliphatic heterocycles. The number of rotatable bonds is 6. The second kappa shape index (κ2) is 6.61. The Morgan fingerprint density at radius 1 is 1.33 bits per heavy atom. The Kier molecular flexibility index (Phi) is 6.64. The van der Waals surface area contributed by atoms with E-state index in [2.05, 4.69) is 12.2 Å². The molecule has 92 valence electrons. The van der Waals surface area contributed by atoms with Gasteiger partial charge in [-0.2, -0.15) is 0 Å². The third-order valence-electron chi connectivity index (χ3n) is 2.51. The topological polar surface area (TPSA) is 38.3 Å². The third kappa shape index (κ3) is 6.28. The molecular weight excluding hydrogens is 210 g/mol. The summed E-state index contributed by atoms with van der Waals surface area (Å²) < 4.78 is 16.8. The van der Waals surface area contributed by atoms with Gasteiger partial charge in [0.15, 0.2) is 0 Å². The van der Waals surface area contributed by atoms with Gasteiger partial charge in [-0.3, -0.25) is 4.21 Å². The molecule has 0 heterocycles. The van der Waals surface area contributed by atoms with Crippen LogP contribution in [0.25, 0.3) is 0 Å². The summed E-state index contributed by atoms with van der Waals surface area (Å²) in [5.41, 5.74) is 0. The smallest absolute Gasteiger partial charge is 0.0693 e. The van der Waals surface area contributed by atoms with Gasteiger partial charge in [0.05, 0.1) is 6.10 Å². The van der Waals surface area contributed by atoms with Crippen molar-refractivity contribution in [1.29, 1.82) is 0 Å². The van der Waals surface area contributed by atoms with Crippen molar-refractivity contribution in [3.63, 3.8) is 0 Å². The zero-order valence-corrected chi connectivity index (χ0v) is 11.6. The minimum Gasteiger partial charge on any atom is -0.380 e. The highest BCUT2D eigenvalue weighted by atomic mass is 32.2. The Morgan fingerprint density at radius 2 is 1.87 bits per heavy atom. The van der Waals surface area contributed by atoms with Crippen LogP contribution in [0.4, 0.5) is 0 Å². The molecule has 0 saturated heterocycles. The fraction of sp³-hybridized carbons (Fsp3) is 1.00. The van der Waals surface area contributed by atoms with Crippen LogP contribution in [0.3, 0.4) is 0 Å². The standard InChI is InChI=1S/C11H25NO2S/c1-9(10(2)14-6)12-7-8-15(13)11(3,4)5/h9-10,12H,7-8H2,1-6H3. The molecule has 3 unspecified atom stereocenters. The van der Waals surface area contributed by atoms with Crippen molar-refractivity contribution in [2.24, 2.45) is 0 Å². The lowest BCUT2D eigenvalue weighted by Crippen LogP contribution is -2.40. The molecular formula is C11H25NO2S. The highest BCUT2D eigenvalue weighted by Gasteiger charge is 2.19. The van der Waals surface area contributed by atoms with Crippen LogP contribution in [0, 0.1) is 0 Å². The van der Waals surface area contributed by atoms with Crippen LogP contribution >= 0.6 is 0 Å². The van der Waals surface area contributed by atoms with E-state index in [-0.39, 0.29) is 10.9 Å². The first-order chi connectivity index (χ1) is 6.79. The van der Waals surface area contributed by atoms with Gasteiger partial charge in [0.25, 0.3) is 0 Å². The summed E-state index contributed by atoms with van der Waals surface area (Å²) in [6.07, 6.45) is 0.188. The molecule has 0 aromatic heterocycles. The van der Waals surface area contributed by atoms with Gasteiger partial charge in [-0.1, -0.05) is 0 Å². The first-order valence-electron chi connectivity index (χ1n) is 5.43. The van der Waals surface area contributed by atoms with E-state index >= 15 is 0 Å². The Morgan fingerprint density at radius 3 is 2.27 bits per heavy atom. The van der Waals surface area contributed by atoms with E-state index in [1.165, 1.54) is 0 Å². The zero-order valence-electron chi connectivity index (χ0n) is 10.8. The van der Waals surface area contributed by atoms with Gasteiger partial charge in [-0.25, -0.2) is 0 Å². The van der Waals surface area contributed by atoms with E-state index in [4.69, 9.17) is 4.74 Å². The second-order valence-corrected chi connectivity index (χ2v) is 7.17. The molecule has 3 atom stereocenters. The largest absolute Gasteiger partial charge is 0.380 e. The predicted octanol–water partition coefficient (Wildman–Crippen LogP) is 1.55. The van der Waals surface area contributed by atoms with Crippen molar-refractivity contribution in [1.82, 2.24) is 5.32 Å². The van der Waals surface area contributed by atoms with Gasteiger partial charge >= 0.3 is 0 Å². The molecule has 0 radical (unpaired) electrons. The summed E-state index contributed by atoms with van der Waals surface area (Å²) >= 11 is 0. The first-order valence-corrected chi connectivity index (χ1v) is 6.75. The van der Waals surface area contributed by atoms with Crippen molar-refractivity contribution >= 4 is 10.8 Å². The molecule has 0 aromatic rings. The van der Waals surface area contributed by atoms with E-state index in [0.717, 1.165) is 6.54 Å². The van der Waals surface area contributed by atoms with Crippen LogP contribution in [0.2, 0.25) is 0 Å². The average molecular weight is 235 g/mol. The summed E-state index contributed by atoms with van der Waals surface area (Å²) in [6.45, 7) is 10.9. The summed E-state index contributed by atoms with van der Waals surface area (Å²) in [7, 11) is 0.932. The number of ether oxygens (including phenoxy) is 1. The van der Waals surface area contributed by atoms with Crippen LogP contribution in [0.5, 0.6) is 0 Å². The molecule has 3 nitrogen and oxygen atoms in total. The molecule has 4 heteroatoms. The maximum Gasteiger partial charge on any atom is 0.0693 e. The Balaban J connectivity index is 3.76. The Bertz CT molecular complexity index is 201. The molecule has 0 aromatic carbocycles. The number of hydrogen-bond donors (Lipinski definition) is 1. The molecule has 0 aliphatic rings. The van der Waals surface area contributed by atoms with Gasteiger partial charge in [-0.15, -0.1) is 0 Å². The van der Waals surface area contributed by atoms with Crippen LogP contribution in [0.1, 0.15) is 34.6 Å². The zero-order chi connectivity index (χ0) is 12.1. The lowest BCUT2D eigenvalue weighted by molar-refractivity contribution is 0.0895. The Hall–Kier alpha value is 0.0700. The maximum atomic E-state index is 11.7. The molecule has 0 bridgehead atoms. The highest BCUT2D eigenvalue weighted by molar-refractivity contribution is 7.86. The van der Waals surface area contributed by atoms with E-state index < -0.39 is 10.8 Å². The predicted molar refractivity (Wildman–Crippen MR) is 66.7 cm³/mol. The van der Waals surface area contributed by atoms with Gasteiger partial charge in [-0.05, 0) is 34.6 Å². The van der Waals surface area contributed by atoms with E-state index in [9.17, 15) is 4.21 Å². The second-order valence-electron chi connectivity index (χ2n) is 4.85. The highest BCUT2D eigenvalue weighted by Crippen LogP contribution is 2.10. The average Bonchev–Trinajstić information content (AvgIpc) is 2.14. The first kappa shape index (κ1) is 15.1. The fourth-order valence-electron chi connectivity index (χ4n) is 1.06. The molecule has 0 spiro atoms. The van der Waals surface area contributed by atoms with E-state index in [1.807, 2.05) is 27.7 Å². The Labute approximate surface area is 96.4 Å². The minimum absolute atomic E-state index is 0.113. The third-order valence-corrected chi connectivity index (χ3v) is 4.45. The number of methoxy groups -OCH3 is 1. The van der Waals surface area contributed by atoms with Gasteiger partial charge in [0.2, 0.25) is 0 Å². The van der Waals surface area contributed by atoms with Crippen LogP contribution in [-0.2, 0) is 15.5 Å². The quantitative estimate of drug-likeness (QED) is 0.759. The van der Waals surface area contributed by atoms with Crippen molar-refractivity contribution in [2.45, 2.75) is 51.5 Å². The van der Waals surface area contributed by atoms with Crippen molar-refractivity contribution < 1.29 is 8.95 Å². The number of nitrogens with one attached hydrogen (secondary N) is 1. The van der Waals surface area contributed by atoms with Crippen LogP contribution in [-0.4, -0.2) is 40.5 Å². The van der Waals surface area contributed by atoms with E-state index in [1.54, 1.807) is 7.11 Å². The molecule has 1 N–H and O–H groups in total. The van der Waals surface area contributed by atoms with Crippen LogP contribution in [0.15, 0.2) is 0 Å². The molecule has 0 fully saturated rings. The summed E-state index contributed by atoms with van der Waals surface area (Å²) in [6, 6.07) is 0.298. The van der Waals surface area contributed by atoms with Gasteiger partial charge in [0.1, 0.15) is 0 Å². The minimum atomic E-state index is -0.772. The lowest BCUT2D eigenvalue weighted by Gasteiger charge is -2.22. The monoisotopic (exact) mass is 235 g/mol. The molecule has 0 rings (SSSR count). The van der Waals surface area contributed by atoms with Gasteiger partial charge < -0.3 is 10.1 Å². The SMILES string of the molecule is COC(C)C(C)NCCS(=O)C(C)(C)C. The number of hydrogen-bond acceptors (Lipinski definition) is 3. The summed E-state index contributed by atoms with van der Waals surface area (Å²) in [5, 5.41) is 3.32. The van der Waals surface area contributed by atoms with Crippen molar-refractivity contribution in [3.8, 4) is 0 Å². The van der Waals surface area contributed by atoms with Crippen LogP contribution < -0.4 is 5.32 Å². The van der Waals surface area contributed by atoms with Crippen molar-refractivity contribution in [3.05, 3.63) is 0 Å². The summed E-state index contributed by atoms with van der Waals surface area (Å²) in [4.78, 5) is 0. The molecule has 0 saturated carbocycles. The van der Waals surface area contributed by atoms with Crippen molar-refractivity contribution in [2.75, 3.05) is 19.4 Å².